The molecule has 0 saturated heterocycles. The number of nitrogens with one attached hydrogen (secondary N) is 1. The molecular weight excluding hydrogens is 517 g/mol. The Morgan fingerprint density at radius 3 is 1.80 bits per heavy atom. The van der Waals surface area contributed by atoms with Crippen LogP contribution in [0.4, 0.5) is 10.5 Å². The Morgan fingerprint density at radius 1 is 0.829 bits per heavy atom. The second-order valence-corrected chi connectivity index (χ2v) is 9.15. The third-order valence-electron chi connectivity index (χ3n) is 3.92. The van der Waals surface area contributed by atoms with Gasteiger partial charge in [-0.25, -0.2) is 24.7 Å². The Hall–Kier alpha value is -3.14. The summed E-state index contributed by atoms with van der Waals surface area (Å²) in [6.07, 6.45) is 2.24. The fraction of sp³-hybridized carbons (Fsp3) is 0.261. The van der Waals surface area contributed by atoms with E-state index in [2.05, 4.69) is 25.3 Å². The van der Waals surface area contributed by atoms with Gasteiger partial charge in [-0.2, -0.15) is 0 Å². The molecule has 2 heterocycles. The van der Waals surface area contributed by atoms with E-state index in [1.165, 1.54) is 26.2 Å². The average Bonchev–Trinajstić information content (AvgIpc) is 2.72. The number of rotatable bonds is 4. The number of anilines is 1. The molecule has 0 spiro atoms. The van der Waals surface area contributed by atoms with Gasteiger partial charge in [-0.1, -0.05) is 46.9 Å². The predicted molar refractivity (Wildman–Crippen MR) is 134 cm³/mol. The number of ketones is 2. The van der Waals surface area contributed by atoms with Crippen molar-refractivity contribution in [2.75, 3.05) is 5.32 Å². The number of amides is 1. The Bertz CT molecular complexity index is 1240. The molecule has 0 saturated carbocycles. The number of aromatic nitrogens is 4. The van der Waals surface area contributed by atoms with Crippen molar-refractivity contribution >= 4 is 58.1 Å². The summed E-state index contributed by atoms with van der Waals surface area (Å²) in [5.41, 5.74) is 1.62. The molecule has 0 radical (unpaired) electrons. The van der Waals surface area contributed by atoms with Crippen molar-refractivity contribution < 1.29 is 19.1 Å². The molecule has 0 fully saturated rings. The average molecular weight is 539 g/mol. The van der Waals surface area contributed by atoms with Crippen LogP contribution in [0.2, 0.25) is 15.5 Å². The van der Waals surface area contributed by atoms with Gasteiger partial charge >= 0.3 is 6.09 Å². The second kappa shape index (κ2) is 12.0. The van der Waals surface area contributed by atoms with Crippen LogP contribution in [-0.4, -0.2) is 43.2 Å². The van der Waals surface area contributed by atoms with E-state index in [-0.39, 0.29) is 38.4 Å². The largest absolute Gasteiger partial charge is 0.444 e. The third kappa shape index (κ3) is 8.86. The molecule has 12 heteroatoms. The molecule has 0 aliphatic heterocycles. The number of hydrogen-bond donors (Lipinski definition) is 1. The van der Waals surface area contributed by atoms with Crippen LogP contribution in [0, 0.1) is 0 Å². The molecule has 0 aliphatic carbocycles. The van der Waals surface area contributed by atoms with Crippen LogP contribution >= 0.6 is 34.8 Å². The molecule has 35 heavy (non-hydrogen) atoms. The van der Waals surface area contributed by atoms with Crippen molar-refractivity contribution in [2.45, 2.75) is 40.2 Å². The van der Waals surface area contributed by atoms with Gasteiger partial charge in [0.1, 0.15) is 22.1 Å². The number of hydrogen-bond acceptors (Lipinski definition) is 8. The van der Waals surface area contributed by atoms with Gasteiger partial charge in [0.05, 0.1) is 18.1 Å². The molecule has 0 unspecified atom stereocenters. The highest BCUT2D eigenvalue weighted by Crippen LogP contribution is 2.22. The smallest absolute Gasteiger partial charge is 0.412 e. The summed E-state index contributed by atoms with van der Waals surface area (Å²) in [4.78, 5) is 49.3. The standard InChI is InChI=1S/C17H18ClN3O3.C6H4Cl2N2O/c1-10(22)14-15(18)21-13(9-19-14)11-5-7-12(8-6-11)20-16(23)24-17(2,3)4;1-3(11)5-6(8)10-4(7)2-9-5/h5-9H,1-4H3,(H,20,23);2H,1H3. The van der Waals surface area contributed by atoms with Crippen LogP contribution in [0.25, 0.3) is 11.3 Å². The zero-order valence-corrected chi connectivity index (χ0v) is 21.8. The van der Waals surface area contributed by atoms with Gasteiger partial charge < -0.3 is 4.74 Å². The van der Waals surface area contributed by atoms with E-state index < -0.39 is 11.7 Å². The van der Waals surface area contributed by atoms with Crippen molar-refractivity contribution in [3.05, 3.63) is 63.5 Å². The highest BCUT2D eigenvalue weighted by atomic mass is 35.5. The normalized spacial score (nSPS) is 10.6. The predicted octanol–water partition coefficient (Wildman–Crippen LogP) is 6.33. The van der Waals surface area contributed by atoms with Gasteiger partial charge in [0.15, 0.2) is 21.9 Å². The number of Topliss-reactive ketones (excluding diaryl/α,β-unsaturated/α-hetero) is 2. The minimum Gasteiger partial charge on any atom is -0.444 e. The van der Waals surface area contributed by atoms with Gasteiger partial charge in [-0.05, 0) is 32.9 Å². The molecule has 1 N–H and O–H groups in total. The van der Waals surface area contributed by atoms with Crippen LogP contribution in [0.15, 0.2) is 36.7 Å². The van der Waals surface area contributed by atoms with Crippen molar-refractivity contribution in [1.82, 2.24) is 19.9 Å². The summed E-state index contributed by atoms with van der Waals surface area (Å²) in [5, 5.41) is 2.94. The summed E-state index contributed by atoms with van der Waals surface area (Å²) in [6, 6.07) is 6.96. The van der Waals surface area contributed by atoms with E-state index in [0.29, 0.717) is 11.4 Å². The van der Waals surface area contributed by atoms with E-state index in [1.54, 1.807) is 45.0 Å². The summed E-state index contributed by atoms with van der Waals surface area (Å²) in [5.74, 6) is -0.463. The van der Waals surface area contributed by atoms with Crippen molar-refractivity contribution in [2.24, 2.45) is 0 Å². The van der Waals surface area contributed by atoms with E-state index in [0.717, 1.165) is 5.56 Å². The quantitative estimate of drug-likeness (QED) is 0.382. The van der Waals surface area contributed by atoms with E-state index in [1.807, 2.05) is 0 Å². The minimum absolute atomic E-state index is 0.0463. The van der Waals surface area contributed by atoms with Crippen molar-refractivity contribution in [1.29, 1.82) is 0 Å². The van der Waals surface area contributed by atoms with Gasteiger partial charge in [0, 0.05) is 25.1 Å². The zero-order valence-electron chi connectivity index (χ0n) is 19.5. The monoisotopic (exact) mass is 537 g/mol. The highest BCUT2D eigenvalue weighted by Gasteiger charge is 2.16. The number of nitrogens with zero attached hydrogens (tertiary/aromatic N) is 4. The first-order valence-electron chi connectivity index (χ1n) is 10.1. The summed E-state index contributed by atoms with van der Waals surface area (Å²) < 4.78 is 5.19. The summed E-state index contributed by atoms with van der Waals surface area (Å²) in [6.45, 7) is 8.13. The molecule has 184 valence electrons. The minimum atomic E-state index is -0.561. The number of benzene rings is 1. The molecule has 0 bridgehead atoms. The maximum absolute atomic E-state index is 11.7. The molecule has 1 aromatic carbocycles. The Kier molecular flexibility index (Phi) is 9.64. The zero-order chi connectivity index (χ0) is 26.3. The molecule has 3 rings (SSSR count). The third-order valence-corrected chi connectivity index (χ3v) is 4.63. The molecule has 1 amide bonds. The fourth-order valence-electron chi connectivity index (χ4n) is 2.47. The SMILES string of the molecule is CC(=O)c1ncc(-c2ccc(NC(=O)OC(C)(C)C)cc2)nc1Cl.CC(=O)c1ncc(Cl)nc1Cl. The van der Waals surface area contributed by atoms with Crippen LogP contribution < -0.4 is 5.32 Å². The molecule has 0 aliphatic rings. The Labute approximate surface area is 217 Å². The number of ether oxygens (including phenoxy) is 1. The molecule has 0 atom stereocenters. The molecular formula is C23H22Cl3N5O4. The lowest BCUT2D eigenvalue weighted by Gasteiger charge is -2.19. The number of halogens is 3. The first-order valence-corrected chi connectivity index (χ1v) is 11.2. The first kappa shape index (κ1) is 28.1. The van der Waals surface area contributed by atoms with Gasteiger partial charge in [0.25, 0.3) is 0 Å². The van der Waals surface area contributed by atoms with Crippen LogP contribution in [-0.2, 0) is 4.74 Å². The first-order chi connectivity index (χ1) is 16.3. The van der Waals surface area contributed by atoms with Gasteiger partial charge in [-0.3, -0.25) is 14.9 Å². The van der Waals surface area contributed by atoms with Gasteiger partial charge in [-0.15, -0.1) is 0 Å². The van der Waals surface area contributed by atoms with Crippen LogP contribution in [0.5, 0.6) is 0 Å². The molecule has 2 aromatic heterocycles. The van der Waals surface area contributed by atoms with Crippen molar-refractivity contribution in [3.63, 3.8) is 0 Å². The summed E-state index contributed by atoms with van der Waals surface area (Å²) in [7, 11) is 0. The van der Waals surface area contributed by atoms with Crippen molar-refractivity contribution in [3.8, 4) is 11.3 Å². The highest BCUT2D eigenvalue weighted by molar-refractivity contribution is 6.34. The lowest BCUT2D eigenvalue weighted by Crippen LogP contribution is -2.27. The summed E-state index contributed by atoms with van der Waals surface area (Å²) >= 11 is 17.0. The van der Waals surface area contributed by atoms with Crippen LogP contribution in [0.3, 0.4) is 0 Å². The Balaban J connectivity index is 0.000000328. The van der Waals surface area contributed by atoms with E-state index in [4.69, 9.17) is 39.5 Å². The van der Waals surface area contributed by atoms with Gasteiger partial charge in [0.2, 0.25) is 0 Å². The van der Waals surface area contributed by atoms with Crippen LogP contribution in [0.1, 0.15) is 55.6 Å². The topological polar surface area (TPSA) is 124 Å². The second-order valence-electron chi connectivity index (χ2n) is 8.04. The fourth-order valence-corrected chi connectivity index (χ4v) is 3.19. The number of carbonyl (C=O) groups is 3. The molecule has 3 aromatic rings. The maximum atomic E-state index is 11.7. The maximum Gasteiger partial charge on any atom is 0.412 e. The number of carbonyl (C=O) groups excluding carboxylic acids is 3. The van der Waals surface area contributed by atoms with E-state index in [9.17, 15) is 14.4 Å². The lowest BCUT2D eigenvalue weighted by molar-refractivity contribution is 0.0635. The Morgan fingerprint density at radius 2 is 1.34 bits per heavy atom. The van der Waals surface area contributed by atoms with E-state index >= 15 is 0 Å². The molecule has 9 nitrogen and oxygen atoms in total. The lowest BCUT2D eigenvalue weighted by atomic mass is 10.1.